The number of ether oxygens (including phenoxy) is 1. The molecule has 0 aliphatic carbocycles. The predicted molar refractivity (Wildman–Crippen MR) is 51.5 cm³/mol. The quantitative estimate of drug-likeness (QED) is 0.672. The van der Waals surface area contributed by atoms with Crippen LogP contribution in [-0.4, -0.2) is 30.5 Å². The molecule has 0 radical (unpaired) electrons. The Balaban J connectivity index is 2.20. The van der Waals surface area contributed by atoms with Crippen LogP contribution in [-0.2, 0) is 9.53 Å². The van der Waals surface area contributed by atoms with Crippen LogP contribution in [0.5, 0.6) is 0 Å². The van der Waals surface area contributed by atoms with Crippen molar-refractivity contribution < 1.29 is 9.53 Å². The van der Waals surface area contributed by atoms with Crippen molar-refractivity contribution in [2.24, 2.45) is 5.92 Å². The summed E-state index contributed by atoms with van der Waals surface area (Å²) < 4.78 is 5.25. The third-order valence-electron chi connectivity index (χ3n) is 2.06. The molecule has 0 aromatic carbocycles. The number of carbonyl (C=O) groups excluding carboxylic acids is 1. The summed E-state index contributed by atoms with van der Waals surface area (Å²) in [5.74, 6) is 2.27. The zero-order valence-corrected chi connectivity index (χ0v) is 8.36. The summed E-state index contributed by atoms with van der Waals surface area (Å²) in [6.45, 7) is 3.57. The van der Waals surface area contributed by atoms with Crippen LogP contribution in [0.1, 0.15) is 19.8 Å². The van der Waals surface area contributed by atoms with Crippen molar-refractivity contribution in [3.05, 3.63) is 0 Å². The van der Waals surface area contributed by atoms with E-state index in [9.17, 15) is 4.79 Å². The molecule has 0 aromatic rings. The van der Waals surface area contributed by atoms with Gasteiger partial charge in [0.25, 0.3) is 0 Å². The number of ketones is 1. The SMILES string of the molecule is CCSCC(=O)C1CCCOC1. The first-order chi connectivity index (χ1) is 5.84. The Labute approximate surface area is 78.1 Å². The molecule has 1 unspecified atom stereocenters. The van der Waals surface area contributed by atoms with E-state index >= 15 is 0 Å². The highest BCUT2D eigenvalue weighted by molar-refractivity contribution is 7.99. The number of carbonyl (C=O) groups is 1. The number of hydrogen-bond acceptors (Lipinski definition) is 3. The van der Waals surface area contributed by atoms with E-state index in [0.717, 1.165) is 25.2 Å². The Kier molecular flexibility index (Phi) is 4.69. The fourth-order valence-corrected chi connectivity index (χ4v) is 1.96. The fourth-order valence-electron chi connectivity index (χ4n) is 1.32. The van der Waals surface area contributed by atoms with Crippen molar-refractivity contribution in [1.29, 1.82) is 0 Å². The Morgan fingerprint density at radius 1 is 1.67 bits per heavy atom. The van der Waals surface area contributed by atoms with E-state index in [1.54, 1.807) is 11.8 Å². The molecule has 70 valence electrons. The van der Waals surface area contributed by atoms with Crippen molar-refractivity contribution in [1.82, 2.24) is 0 Å². The average Bonchev–Trinajstić information content (AvgIpc) is 2.15. The van der Waals surface area contributed by atoms with E-state index in [1.165, 1.54) is 0 Å². The lowest BCUT2D eigenvalue weighted by molar-refractivity contribution is -0.124. The molecule has 3 heteroatoms. The van der Waals surface area contributed by atoms with Crippen molar-refractivity contribution in [3.63, 3.8) is 0 Å². The fraction of sp³-hybridized carbons (Fsp3) is 0.889. The topological polar surface area (TPSA) is 26.3 Å². The maximum absolute atomic E-state index is 11.5. The van der Waals surface area contributed by atoms with Crippen LogP contribution in [0.25, 0.3) is 0 Å². The molecule has 0 bridgehead atoms. The number of hydrogen-bond donors (Lipinski definition) is 0. The van der Waals surface area contributed by atoms with Gasteiger partial charge in [-0.3, -0.25) is 4.79 Å². The number of rotatable bonds is 4. The Hall–Kier alpha value is -0.0200. The Morgan fingerprint density at radius 3 is 3.08 bits per heavy atom. The summed E-state index contributed by atoms with van der Waals surface area (Å²) in [4.78, 5) is 11.5. The van der Waals surface area contributed by atoms with Gasteiger partial charge in [0.1, 0.15) is 5.78 Å². The van der Waals surface area contributed by atoms with Gasteiger partial charge in [-0.2, -0.15) is 11.8 Å². The number of Topliss-reactive ketones (excluding diaryl/α,β-unsaturated/α-hetero) is 1. The standard InChI is InChI=1S/C9H16O2S/c1-2-12-7-9(10)8-4-3-5-11-6-8/h8H,2-7H2,1H3. The van der Waals surface area contributed by atoms with E-state index in [-0.39, 0.29) is 5.92 Å². The molecule has 1 atom stereocenters. The molecule has 0 spiro atoms. The second-order valence-electron chi connectivity index (χ2n) is 3.02. The van der Waals surface area contributed by atoms with Crippen LogP contribution in [0.3, 0.4) is 0 Å². The van der Waals surface area contributed by atoms with Gasteiger partial charge in [0.2, 0.25) is 0 Å². The van der Waals surface area contributed by atoms with Gasteiger partial charge in [-0.05, 0) is 18.6 Å². The van der Waals surface area contributed by atoms with Crippen molar-refractivity contribution >= 4 is 17.5 Å². The van der Waals surface area contributed by atoms with Crippen molar-refractivity contribution in [3.8, 4) is 0 Å². The molecule has 2 nitrogen and oxygen atoms in total. The molecule has 0 N–H and O–H groups in total. The molecule has 0 amide bonds. The van der Waals surface area contributed by atoms with Gasteiger partial charge in [0.05, 0.1) is 12.4 Å². The molecular weight excluding hydrogens is 172 g/mol. The zero-order chi connectivity index (χ0) is 8.81. The Morgan fingerprint density at radius 2 is 2.50 bits per heavy atom. The highest BCUT2D eigenvalue weighted by Crippen LogP contribution is 2.16. The molecule has 1 saturated heterocycles. The summed E-state index contributed by atoms with van der Waals surface area (Å²) in [7, 11) is 0. The van der Waals surface area contributed by atoms with Crippen LogP contribution in [0.15, 0.2) is 0 Å². The second kappa shape index (κ2) is 5.60. The smallest absolute Gasteiger partial charge is 0.148 e. The summed E-state index contributed by atoms with van der Waals surface area (Å²) in [6.07, 6.45) is 2.08. The van der Waals surface area contributed by atoms with Gasteiger partial charge in [0, 0.05) is 12.5 Å². The van der Waals surface area contributed by atoms with Gasteiger partial charge in [-0.1, -0.05) is 6.92 Å². The summed E-state index contributed by atoms with van der Waals surface area (Å²) in [5, 5.41) is 0. The first-order valence-corrected chi connectivity index (χ1v) is 5.68. The molecule has 12 heavy (non-hydrogen) atoms. The number of thioether (sulfide) groups is 1. The first-order valence-electron chi connectivity index (χ1n) is 4.52. The van der Waals surface area contributed by atoms with Gasteiger partial charge in [-0.25, -0.2) is 0 Å². The molecule has 1 heterocycles. The van der Waals surface area contributed by atoms with Crippen LogP contribution in [0.4, 0.5) is 0 Å². The molecular formula is C9H16O2S. The minimum atomic E-state index is 0.192. The molecule has 0 saturated carbocycles. The normalized spacial score (nSPS) is 23.9. The lowest BCUT2D eigenvalue weighted by Crippen LogP contribution is -2.26. The third kappa shape index (κ3) is 3.15. The highest BCUT2D eigenvalue weighted by Gasteiger charge is 2.20. The van der Waals surface area contributed by atoms with Gasteiger partial charge < -0.3 is 4.74 Å². The summed E-state index contributed by atoms with van der Waals surface area (Å²) in [6, 6.07) is 0. The van der Waals surface area contributed by atoms with E-state index in [1.807, 2.05) is 0 Å². The molecule has 1 fully saturated rings. The molecule has 1 rings (SSSR count). The predicted octanol–water partition coefficient (Wildman–Crippen LogP) is 1.74. The summed E-state index contributed by atoms with van der Waals surface area (Å²) >= 11 is 1.70. The van der Waals surface area contributed by atoms with Gasteiger partial charge >= 0.3 is 0 Å². The largest absolute Gasteiger partial charge is 0.381 e. The maximum atomic E-state index is 11.5. The third-order valence-corrected chi connectivity index (χ3v) is 2.96. The van der Waals surface area contributed by atoms with Crippen LogP contribution in [0.2, 0.25) is 0 Å². The van der Waals surface area contributed by atoms with Crippen LogP contribution >= 0.6 is 11.8 Å². The lowest BCUT2D eigenvalue weighted by Gasteiger charge is -2.20. The average molecular weight is 188 g/mol. The van der Waals surface area contributed by atoms with Gasteiger partial charge in [-0.15, -0.1) is 0 Å². The van der Waals surface area contributed by atoms with Crippen LogP contribution < -0.4 is 0 Å². The highest BCUT2D eigenvalue weighted by atomic mass is 32.2. The van der Waals surface area contributed by atoms with E-state index in [0.29, 0.717) is 18.1 Å². The lowest BCUT2D eigenvalue weighted by atomic mass is 9.99. The first kappa shape index (κ1) is 10.1. The minimum Gasteiger partial charge on any atom is -0.381 e. The molecule has 1 aliphatic rings. The van der Waals surface area contributed by atoms with E-state index in [2.05, 4.69) is 6.92 Å². The van der Waals surface area contributed by atoms with E-state index < -0.39 is 0 Å². The monoisotopic (exact) mass is 188 g/mol. The molecule has 0 aromatic heterocycles. The maximum Gasteiger partial charge on any atom is 0.148 e. The van der Waals surface area contributed by atoms with E-state index in [4.69, 9.17) is 4.74 Å². The van der Waals surface area contributed by atoms with Crippen molar-refractivity contribution in [2.75, 3.05) is 24.7 Å². The summed E-state index contributed by atoms with van der Waals surface area (Å²) in [5.41, 5.74) is 0. The molecule has 1 aliphatic heterocycles. The van der Waals surface area contributed by atoms with Crippen LogP contribution in [0, 0.1) is 5.92 Å². The second-order valence-corrected chi connectivity index (χ2v) is 4.29. The minimum absolute atomic E-state index is 0.192. The van der Waals surface area contributed by atoms with Gasteiger partial charge in [0.15, 0.2) is 0 Å². The van der Waals surface area contributed by atoms with Crippen molar-refractivity contribution in [2.45, 2.75) is 19.8 Å². The zero-order valence-electron chi connectivity index (χ0n) is 7.54. The Bertz CT molecular complexity index is 141.